The van der Waals surface area contributed by atoms with Gasteiger partial charge in [-0.3, -0.25) is 43.2 Å². The molecule has 12 amide bonds. The van der Waals surface area contributed by atoms with E-state index < -0.39 is 124 Å². The van der Waals surface area contributed by atoms with Crippen LogP contribution in [0.4, 0.5) is 14.4 Å². The van der Waals surface area contributed by atoms with Gasteiger partial charge >= 0.3 is 36.2 Å². The number of sulfone groups is 3. The van der Waals surface area contributed by atoms with Gasteiger partial charge in [0, 0.05) is 197 Å². The van der Waals surface area contributed by atoms with Gasteiger partial charge < -0.3 is 116 Å². The maximum atomic E-state index is 13.1. The smallest absolute Gasteiger partial charge is 0.415 e. The number of carbonyl (C=O) groups excluding carboxylic acids is 15. The summed E-state index contributed by atoms with van der Waals surface area (Å²) in [7, 11) is 11.6. The van der Waals surface area contributed by atoms with Gasteiger partial charge in [-0.25, -0.2) is 54.0 Å². The van der Waals surface area contributed by atoms with Gasteiger partial charge in [-0.15, -0.1) is 15.2 Å². The van der Waals surface area contributed by atoms with E-state index in [1.54, 1.807) is 36.4 Å². The predicted octanol–water partition coefficient (Wildman–Crippen LogP) is 8.24. The molecule has 148 heavy (non-hydrogen) atoms. The second kappa shape index (κ2) is 57.7. The van der Waals surface area contributed by atoms with Crippen molar-refractivity contribution >= 4 is 137 Å². The summed E-state index contributed by atoms with van der Waals surface area (Å²) in [5.74, 6) is -4.19. The molecule has 0 radical (unpaired) electrons. The third-order valence-corrected chi connectivity index (χ3v) is 25.5. The van der Waals surface area contributed by atoms with E-state index in [1.807, 2.05) is 0 Å². The van der Waals surface area contributed by atoms with E-state index in [2.05, 4.69) is 10.6 Å². The first-order valence-electron chi connectivity index (χ1n) is 45.2. The fraction of sp³-hybridized carbons (Fsp3) is 0.412. The van der Waals surface area contributed by atoms with Gasteiger partial charge in [0.15, 0.2) is 64.0 Å². The van der Waals surface area contributed by atoms with Crippen LogP contribution in [0.5, 0.6) is 86.2 Å². The van der Waals surface area contributed by atoms with Crippen molar-refractivity contribution in [2.24, 2.45) is 0 Å². The number of likely N-dealkylation sites (N-methyl/N-ethyl adjacent to an activating group) is 4. The van der Waals surface area contributed by atoms with Gasteiger partial charge in [-0.1, -0.05) is 18.2 Å². The van der Waals surface area contributed by atoms with Crippen LogP contribution in [-0.2, 0) is 119 Å². The van der Waals surface area contributed by atoms with Crippen molar-refractivity contribution in [1.29, 1.82) is 0 Å². The van der Waals surface area contributed by atoms with Crippen LogP contribution in [0.3, 0.4) is 0 Å². The van der Waals surface area contributed by atoms with Crippen LogP contribution in [0.1, 0.15) is 130 Å². The Morgan fingerprint density at radius 1 is 0.304 bits per heavy atom. The zero-order valence-electron chi connectivity index (χ0n) is 84.4. The topological polar surface area (TPSA) is 571 Å². The van der Waals surface area contributed by atoms with Crippen LogP contribution in [0.2, 0.25) is 0 Å². The molecule has 9 rings (SSSR count). The van der Waals surface area contributed by atoms with Crippen LogP contribution < -0.4 is 81.7 Å². The van der Waals surface area contributed by atoms with Crippen LogP contribution in [0, 0.1) is 0 Å². The molecule has 0 spiro atoms. The number of nitrogens with zero attached hydrogens (tertiary/aromatic N) is 7. The molecule has 0 saturated carbocycles. The summed E-state index contributed by atoms with van der Waals surface area (Å²) in [5, 5.41) is 9.57. The molecule has 3 aliphatic heterocycles. The first-order valence-corrected chi connectivity index (χ1v) is 50.4. The highest BCUT2D eigenvalue weighted by Gasteiger charge is 2.36. The average molecular weight is 2130 g/mol. The van der Waals surface area contributed by atoms with E-state index in [1.165, 1.54) is 206 Å². The molecule has 804 valence electrons. The second-order valence-electron chi connectivity index (χ2n) is 32.2. The van der Waals surface area contributed by atoms with Crippen molar-refractivity contribution in [3.8, 4) is 86.2 Å². The molecule has 2 N–H and O–H groups in total. The molecule has 0 aromatic heterocycles. The Hall–Kier alpha value is -16.0. The lowest BCUT2D eigenvalue weighted by atomic mass is 10.1. The summed E-state index contributed by atoms with van der Waals surface area (Å²) in [6.45, 7) is 0.476. The van der Waals surface area contributed by atoms with Gasteiger partial charge in [0.1, 0.15) is 51.7 Å². The Morgan fingerprint density at radius 2 is 0.561 bits per heavy atom. The minimum absolute atomic E-state index is 0.00632. The highest BCUT2D eigenvalue weighted by atomic mass is 32.2. The molecule has 0 bridgehead atoms. The second-order valence-corrected chi connectivity index (χ2v) is 37.9. The maximum absolute atomic E-state index is 13.1. The Bertz CT molecular complexity index is 6160. The van der Waals surface area contributed by atoms with Crippen molar-refractivity contribution in [2.45, 2.75) is 114 Å². The molecule has 0 aliphatic carbocycles. The zero-order chi connectivity index (χ0) is 109. The number of carbonyl (C=O) groups is 15. The van der Waals surface area contributed by atoms with Crippen molar-refractivity contribution in [1.82, 2.24) is 45.4 Å². The van der Waals surface area contributed by atoms with Crippen molar-refractivity contribution in [3.63, 3.8) is 0 Å². The number of rotatable bonds is 51. The molecule has 6 aromatic carbocycles. The van der Waals surface area contributed by atoms with E-state index in [0.29, 0.717) is 100 Å². The Balaban J connectivity index is 0.000000300. The molecule has 48 nitrogen and oxygen atoms in total. The Labute approximate surface area is 854 Å². The number of benzene rings is 6. The molecular weight excluding hydrogens is 2010 g/mol. The van der Waals surface area contributed by atoms with Crippen molar-refractivity contribution in [2.75, 3.05) is 153 Å². The zero-order valence-corrected chi connectivity index (χ0v) is 86.8. The van der Waals surface area contributed by atoms with Crippen LogP contribution >= 0.6 is 0 Å². The lowest BCUT2D eigenvalue weighted by Crippen LogP contribution is -2.38. The lowest BCUT2D eigenvalue weighted by Gasteiger charge is -2.22. The first kappa shape index (κ1) is 119. The molecule has 0 unspecified atom stereocenters. The minimum Gasteiger partial charge on any atom is -0.496 e. The fourth-order valence-electron chi connectivity index (χ4n) is 13.6. The first-order chi connectivity index (χ1) is 70.3. The molecular formula is C97H119N9O39S3. The van der Waals surface area contributed by atoms with E-state index in [9.17, 15) is 97.2 Å². The number of ether oxygens (including phenoxy) is 15. The average Bonchev–Trinajstić information content (AvgIpc) is 1.04. The van der Waals surface area contributed by atoms with E-state index in [0.717, 1.165) is 16.2 Å². The molecule has 0 atom stereocenters. The summed E-state index contributed by atoms with van der Waals surface area (Å²) < 4.78 is 158. The predicted molar refractivity (Wildman–Crippen MR) is 525 cm³/mol. The SMILES string of the molecule is COc1cc(OC)c(/C=C/S(=O)(=O)Cc2ccc(OC)c(OC(=O)N(C)CCN(C)C(=O)CCCC(=O)ON3C(=O)CCC3=O)c2)c(OC)c1.COc1cc(OC)c(/C=C/S(=O)(=O)Cc2ccc(OC)c(OC(=O)N(C)CCNC(=O)CCCC(=O)ON3C(=O)CCC3=O)c2)c(OC)c1.COc1cc(OC)c(/C=C/S(=O)(=O)Cc2ccc(OC)c(OC(=O)NCCN(C)C(=O)CCCC(=O)ON3C(=O)CCC3=O)c2)c(OC)c1. The number of hydroxylamine groups is 6. The van der Waals surface area contributed by atoms with Gasteiger partial charge in [0.25, 0.3) is 35.4 Å². The standard InChI is InChI=1S/C33H41N3O13S.2C32H39N3O13S/c1-34(29(37)8-7-9-32(40)49-36-30(38)12-13-31(36)39)15-16-35(2)33(41)48-28-18-22(10-11-25(28)45-4)21-50(42,43)17-14-24-26(46-5)19-23(44-3)20-27(24)47-6;1-34(28(36)7-6-8-31(39)48-35-29(37)11-12-30(35)38)15-14-33-32(40)47-27-17-21(9-10-24(27)44-3)20-49(41,42)16-13-23-25(45-4)18-22(43-2)19-26(23)46-5;1-34(15-14-33-28(36)7-6-8-31(39)48-35-29(37)11-12-30(35)38)32(40)47-27-17-21(9-10-24(27)44-3)20-49(41,42)16-13-23-25(45-4)18-22(43-2)19-26(23)46-5/h10-11,14,17-20H,7-9,12-13,15-16,21H2,1-6H3;9-10,13,16-19H,6-8,11-12,14-15,20H2,1-5H3,(H,33,40);9-10,13,16-19H,6-8,11-12,14-15,20H2,1-5H3,(H,33,36)/b17-14+;2*16-13+. The number of methoxy groups -OCH3 is 12. The Kier molecular flexibility index (Phi) is 46.4. The Morgan fingerprint density at radius 3 is 0.851 bits per heavy atom. The highest BCUT2D eigenvalue weighted by molar-refractivity contribution is 7.94. The van der Waals surface area contributed by atoms with Crippen molar-refractivity contribution < 1.29 is 183 Å². The number of imide groups is 3. The maximum Gasteiger partial charge on any atom is 0.415 e. The third-order valence-electron chi connectivity index (χ3n) is 21.6. The summed E-state index contributed by atoms with van der Waals surface area (Å²) in [6, 6.07) is 22.7. The highest BCUT2D eigenvalue weighted by Crippen LogP contribution is 2.40. The van der Waals surface area contributed by atoms with Crippen LogP contribution in [0.15, 0.2) is 107 Å². The van der Waals surface area contributed by atoms with E-state index in [4.69, 9.17) is 85.6 Å². The molecule has 3 fully saturated rings. The molecule has 51 heteroatoms. The largest absolute Gasteiger partial charge is 0.496 e. The normalized spacial score (nSPS) is 12.9. The number of hydrogen-bond acceptors (Lipinski definition) is 39. The number of nitrogens with one attached hydrogen (secondary N) is 2. The van der Waals surface area contributed by atoms with E-state index >= 15 is 0 Å². The lowest BCUT2D eigenvalue weighted by molar-refractivity contribution is -0.197. The number of hydrogen-bond donors (Lipinski definition) is 2. The van der Waals surface area contributed by atoms with Crippen LogP contribution in [-0.4, -0.2) is 302 Å². The fourth-order valence-corrected chi connectivity index (χ4v) is 16.8. The molecule has 3 aliphatic rings. The summed E-state index contributed by atoms with van der Waals surface area (Å²) in [5.41, 5.74) is 2.14. The minimum atomic E-state index is -3.83. The van der Waals surface area contributed by atoms with Gasteiger partial charge in [-0.05, 0) is 90.6 Å². The van der Waals surface area contributed by atoms with E-state index in [-0.39, 0.29) is 182 Å². The number of amides is 12. The van der Waals surface area contributed by atoms with Crippen molar-refractivity contribution in [3.05, 3.63) is 141 Å². The van der Waals surface area contributed by atoms with Gasteiger partial charge in [0.05, 0.1) is 119 Å². The van der Waals surface area contributed by atoms with Gasteiger partial charge in [-0.2, -0.15) is 0 Å². The van der Waals surface area contributed by atoms with Gasteiger partial charge in [0.2, 0.25) is 17.7 Å². The third kappa shape index (κ3) is 37.0. The molecule has 3 saturated heterocycles. The molecule has 3 heterocycles. The molecule has 6 aromatic rings. The quantitative estimate of drug-likeness (QED) is 0.0339. The summed E-state index contributed by atoms with van der Waals surface area (Å²) in [4.78, 5) is 200. The summed E-state index contributed by atoms with van der Waals surface area (Å²) in [6.07, 6.45) is 1.34. The van der Waals surface area contributed by atoms with Crippen LogP contribution in [0.25, 0.3) is 18.2 Å². The summed E-state index contributed by atoms with van der Waals surface area (Å²) >= 11 is 0. The monoisotopic (exact) mass is 2130 g/mol.